The minimum absolute atomic E-state index is 0.0202. The maximum Gasteiger partial charge on any atom is 0.305 e. The molecule has 2 heteroatoms. The van der Waals surface area contributed by atoms with Crippen molar-refractivity contribution in [2.75, 3.05) is 6.61 Å². The minimum Gasteiger partial charge on any atom is -0.466 e. The van der Waals surface area contributed by atoms with Crippen LogP contribution in [0.4, 0.5) is 0 Å². The van der Waals surface area contributed by atoms with Gasteiger partial charge in [-0.2, -0.15) is 0 Å². The Balaban J connectivity index is 2.40. The molecule has 0 aromatic rings. The van der Waals surface area contributed by atoms with E-state index in [4.69, 9.17) is 4.74 Å². The van der Waals surface area contributed by atoms with E-state index >= 15 is 0 Å². The van der Waals surface area contributed by atoms with Gasteiger partial charge in [0, 0.05) is 6.42 Å². The summed E-state index contributed by atoms with van der Waals surface area (Å²) < 4.78 is 4.94. The molecule has 0 radical (unpaired) electrons. The van der Waals surface area contributed by atoms with Crippen LogP contribution in [-0.4, -0.2) is 12.6 Å². The summed E-state index contributed by atoms with van der Waals surface area (Å²) in [6, 6.07) is 0. The molecule has 1 heterocycles. The Bertz CT molecular complexity index is 140. The molecule has 0 aliphatic carbocycles. The lowest BCUT2D eigenvalue weighted by molar-refractivity contribution is -0.142. The standard InChI is InChI=1S/C9H16O2/c1-7(2)8-3-4-9(10)11-6-5-8/h7-8H,3-6H2,1-2H3. The first-order valence-electron chi connectivity index (χ1n) is 4.36. The van der Waals surface area contributed by atoms with Crippen molar-refractivity contribution in [1.82, 2.24) is 0 Å². The van der Waals surface area contributed by atoms with Gasteiger partial charge in [0.2, 0.25) is 0 Å². The first-order valence-corrected chi connectivity index (χ1v) is 4.36. The summed E-state index contributed by atoms with van der Waals surface area (Å²) in [6.45, 7) is 5.04. The quantitative estimate of drug-likeness (QED) is 0.543. The maximum absolute atomic E-state index is 10.8. The van der Waals surface area contributed by atoms with Crippen molar-refractivity contribution in [2.24, 2.45) is 11.8 Å². The fourth-order valence-electron chi connectivity index (χ4n) is 1.51. The van der Waals surface area contributed by atoms with Crippen molar-refractivity contribution in [2.45, 2.75) is 33.1 Å². The minimum atomic E-state index is -0.0202. The van der Waals surface area contributed by atoms with Gasteiger partial charge in [0.1, 0.15) is 0 Å². The average molecular weight is 156 g/mol. The van der Waals surface area contributed by atoms with Crippen LogP contribution in [0.3, 0.4) is 0 Å². The van der Waals surface area contributed by atoms with E-state index in [1.807, 2.05) is 0 Å². The second-order valence-corrected chi connectivity index (χ2v) is 3.55. The number of cyclic esters (lactones) is 1. The Hall–Kier alpha value is -0.530. The molecule has 11 heavy (non-hydrogen) atoms. The Morgan fingerprint density at radius 2 is 2.18 bits per heavy atom. The lowest BCUT2D eigenvalue weighted by Gasteiger charge is -2.15. The molecule has 0 spiro atoms. The van der Waals surface area contributed by atoms with Crippen LogP contribution in [0.1, 0.15) is 33.1 Å². The molecule has 0 aromatic carbocycles. The zero-order chi connectivity index (χ0) is 8.27. The number of carbonyl (C=O) groups excluding carboxylic acids is 1. The fraction of sp³-hybridized carbons (Fsp3) is 0.889. The maximum atomic E-state index is 10.8. The first-order chi connectivity index (χ1) is 5.20. The number of rotatable bonds is 1. The summed E-state index contributed by atoms with van der Waals surface area (Å²) in [5.74, 6) is 1.35. The second-order valence-electron chi connectivity index (χ2n) is 3.55. The third-order valence-electron chi connectivity index (χ3n) is 2.41. The monoisotopic (exact) mass is 156 g/mol. The molecule has 1 aliphatic rings. The van der Waals surface area contributed by atoms with E-state index in [9.17, 15) is 4.79 Å². The molecule has 0 saturated carbocycles. The molecule has 64 valence electrons. The number of hydrogen-bond donors (Lipinski definition) is 0. The molecule has 1 rings (SSSR count). The van der Waals surface area contributed by atoms with Gasteiger partial charge in [0.15, 0.2) is 0 Å². The van der Waals surface area contributed by atoms with Crippen LogP contribution >= 0.6 is 0 Å². The van der Waals surface area contributed by atoms with Crippen molar-refractivity contribution >= 4 is 5.97 Å². The summed E-state index contributed by atoms with van der Waals surface area (Å²) in [7, 11) is 0. The van der Waals surface area contributed by atoms with E-state index in [1.54, 1.807) is 0 Å². The topological polar surface area (TPSA) is 26.3 Å². The molecular weight excluding hydrogens is 140 g/mol. The predicted molar refractivity (Wildman–Crippen MR) is 43.1 cm³/mol. The molecule has 1 saturated heterocycles. The van der Waals surface area contributed by atoms with Gasteiger partial charge < -0.3 is 4.74 Å². The smallest absolute Gasteiger partial charge is 0.305 e. The Labute approximate surface area is 67.9 Å². The molecule has 1 atom stereocenters. The third-order valence-corrected chi connectivity index (χ3v) is 2.41. The van der Waals surface area contributed by atoms with Crippen molar-refractivity contribution in [3.05, 3.63) is 0 Å². The van der Waals surface area contributed by atoms with Crippen molar-refractivity contribution < 1.29 is 9.53 Å². The van der Waals surface area contributed by atoms with Gasteiger partial charge >= 0.3 is 5.97 Å². The van der Waals surface area contributed by atoms with Crippen LogP contribution in [0.15, 0.2) is 0 Å². The van der Waals surface area contributed by atoms with Crippen molar-refractivity contribution in [3.63, 3.8) is 0 Å². The van der Waals surface area contributed by atoms with Gasteiger partial charge in [-0.25, -0.2) is 0 Å². The van der Waals surface area contributed by atoms with Gasteiger partial charge in [-0.15, -0.1) is 0 Å². The van der Waals surface area contributed by atoms with Gasteiger partial charge in [-0.05, 0) is 24.7 Å². The van der Waals surface area contributed by atoms with Gasteiger partial charge in [0.25, 0.3) is 0 Å². The van der Waals surface area contributed by atoms with Crippen molar-refractivity contribution in [3.8, 4) is 0 Å². The zero-order valence-electron chi connectivity index (χ0n) is 7.30. The third kappa shape index (κ3) is 2.52. The summed E-state index contributed by atoms with van der Waals surface area (Å²) in [5.41, 5.74) is 0. The number of hydrogen-bond acceptors (Lipinski definition) is 2. The lowest BCUT2D eigenvalue weighted by atomic mass is 9.89. The summed E-state index contributed by atoms with van der Waals surface area (Å²) in [5, 5.41) is 0. The van der Waals surface area contributed by atoms with Crippen LogP contribution in [0, 0.1) is 11.8 Å². The number of esters is 1. The average Bonchev–Trinajstić information content (AvgIpc) is 2.13. The molecule has 1 unspecified atom stereocenters. The number of ether oxygens (including phenoxy) is 1. The molecule has 2 nitrogen and oxygen atoms in total. The Morgan fingerprint density at radius 1 is 1.45 bits per heavy atom. The predicted octanol–water partition coefficient (Wildman–Crippen LogP) is 1.99. The highest BCUT2D eigenvalue weighted by Gasteiger charge is 2.19. The van der Waals surface area contributed by atoms with Crippen LogP contribution in [0.25, 0.3) is 0 Å². The summed E-state index contributed by atoms with van der Waals surface area (Å²) >= 11 is 0. The molecule has 0 N–H and O–H groups in total. The molecule has 0 amide bonds. The molecule has 1 fully saturated rings. The van der Waals surface area contributed by atoms with Crippen LogP contribution in [0.2, 0.25) is 0 Å². The number of carbonyl (C=O) groups is 1. The van der Waals surface area contributed by atoms with E-state index in [0.717, 1.165) is 12.8 Å². The zero-order valence-corrected chi connectivity index (χ0v) is 7.30. The molecular formula is C9H16O2. The van der Waals surface area contributed by atoms with E-state index < -0.39 is 0 Å². The highest BCUT2D eigenvalue weighted by Crippen LogP contribution is 2.23. The highest BCUT2D eigenvalue weighted by atomic mass is 16.5. The first kappa shape index (κ1) is 8.57. The van der Waals surface area contributed by atoms with E-state index in [1.165, 1.54) is 0 Å². The molecule has 0 bridgehead atoms. The van der Waals surface area contributed by atoms with Crippen LogP contribution < -0.4 is 0 Å². The van der Waals surface area contributed by atoms with Crippen LogP contribution in [-0.2, 0) is 9.53 Å². The SMILES string of the molecule is CC(C)C1CCOC(=O)CC1. The summed E-state index contributed by atoms with van der Waals surface area (Å²) in [4.78, 5) is 10.8. The molecule has 1 aliphatic heterocycles. The van der Waals surface area contributed by atoms with Gasteiger partial charge in [-0.1, -0.05) is 13.8 Å². The summed E-state index contributed by atoms with van der Waals surface area (Å²) in [6.07, 6.45) is 2.67. The van der Waals surface area contributed by atoms with Crippen LogP contribution in [0.5, 0.6) is 0 Å². The van der Waals surface area contributed by atoms with Crippen molar-refractivity contribution in [1.29, 1.82) is 0 Å². The Morgan fingerprint density at radius 3 is 2.82 bits per heavy atom. The Kier molecular flexibility index (Phi) is 2.92. The van der Waals surface area contributed by atoms with Gasteiger partial charge in [-0.3, -0.25) is 4.79 Å². The largest absolute Gasteiger partial charge is 0.466 e. The van der Waals surface area contributed by atoms with E-state index in [0.29, 0.717) is 24.9 Å². The van der Waals surface area contributed by atoms with E-state index in [2.05, 4.69) is 13.8 Å². The van der Waals surface area contributed by atoms with E-state index in [-0.39, 0.29) is 5.97 Å². The highest BCUT2D eigenvalue weighted by molar-refractivity contribution is 5.69. The van der Waals surface area contributed by atoms with Gasteiger partial charge in [0.05, 0.1) is 6.61 Å². The second kappa shape index (κ2) is 3.74. The fourth-order valence-corrected chi connectivity index (χ4v) is 1.51. The molecule has 0 aromatic heterocycles. The normalized spacial score (nSPS) is 26.5. The lowest BCUT2D eigenvalue weighted by Crippen LogP contribution is -2.08.